The lowest BCUT2D eigenvalue weighted by Gasteiger charge is -2.10. The van der Waals surface area contributed by atoms with Gasteiger partial charge in [0.25, 0.3) is 0 Å². The van der Waals surface area contributed by atoms with Gasteiger partial charge in [-0.1, -0.05) is 60.7 Å². The highest BCUT2D eigenvalue weighted by Gasteiger charge is 2.10. The van der Waals surface area contributed by atoms with Crippen molar-refractivity contribution in [1.29, 1.82) is 0 Å². The number of benzene rings is 4. The molecule has 178 valence electrons. The number of carbonyl (C=O) groups excluding carboxylic acids is 1. The van der Waals surface area contributed by atoms with Crippen LogP contribution in [0.15, 0.2) is 84.9 Å². The third-order valence-electron chi connectivity index (χ3n) is 5.99. The predicted molar refractivity (Wildman–Crippen MR) is 141 cm³/mol. The molecule has 0 atom stereocenters. The fraction of sp³-hybridized carbons (Fsp3) is 0.161. The molecule has 0 bridgehead atoms. The van der Waals surface area contributed by atoms with Crippen LogP contribution in [0, 0.1) is 27.7 Å². The molecule has 4 nitrogen and oxygen atoms in total. The lowest BCUT2D eigenvalue weighted by Crippen LogP contribution is -2.01. The van der Waals surface area contributed by atoms with E-state index in [1.54, 1.807) is 18.2 Å². The van der Waals surface area contributed by atoms with E-state index in [1.165, 1.54) is 23.8 Å². The quantitative estimate of drug-likeness (QED) is 0.318. The van der Waals surface area contributed by atoms with E-state index in [9.17, 15) is 9.59 Å². The first-order chi connectivity index (χ1) is 16.7. The summed E-state index contributed by atoms with van der Waals surface area (Å²) in [6.07, 6.45) is 0. The van der Waals surface area contributed by atoms with E-state index >= 15 is 0 Å². The average Bonchev–Trinajstić information content (AvgIpc) is 2.85. The summed E-state index contributed by atoms with van der Waals surface area (Å²) in [4.78, 5) is 22.3. The number of carboxylic acids is 1. The molecule has 4 heteroatoms. The van der Waals surface area contributed by atoms with Gasteiger partial charge in [-0.05, 0) is 96.5 Å². The van der Waals surface area contributed by atoms with Crippen LogP contribution in [0.3, 0.4) is 0 Å². The molecule has 0 aliphatic carbocycles. The van der Waals surface area contributed by atoms with E-state index in [-0.39, 0.29) is 5.97 Å². The molecule has 0 fully saturated rings. The van der Waals surface area contributed by atoms with E-state index < -0.39 is 5.97 Å². The number of ether oxygens (including phenoxy) is 1. The van der Waals surface area contributed by atoms with Crippen molar-refractivity contribution in [2.45, 2.75) is 27.7 Å². The van der Waals surface area contributed by atoms with Crippen LogP contribution >= 0.6 is 0 Å². The molecule has 0 heterocycles. The van der Waals surface area contributed by atoms with Crippen molar-refractivity contribution in [2.75, 3.05) is 7.11 Å². The molecule has 0 radical (unpaired) electrons. The Balaban J connectivity index is 0.000000196. The highest BCUT2D eigenvalue weighted by atomic mass is 16.5. The zero-order valence-electron chi connectivity index (χ0n) is 20.8. The molecule has 0 saturated heterocycles. The molecule has 0 amide bonds. The minimum absolute atomic E-state index is 0.297. The van der Waals surface area contributed by atoms with E-state index in [1.807, 2.05) is 56.3 Å². The second kappa shape index (κ2) is 11.3. The summed E-state index contributed by atoms with van der Waals surface area (Å²) in [6, 6.07) is 27.2. The van der Waals surface area contributed by atoms with Gasteiger partial charge in [0.1, 0.15) is 0 Å². The maximum absolute atomic E-state index is 11.5. The fourth-order valence-corrected chi connectivity index (χ4v) is 4.06. The largest absolute Gasteiger partial charge is 0.478 e. The molecule has 4 aromatic carbocycles. The van der Waals surface area contributed by atoms with Gasteiger partial charge in [-0.15, -0.1) is 0 Å². The monoisotopic (exact) mass is 466 g/mol. The van der Waals surface area contributed by atoms with Crippen LogP contribution in [-0.4, -0.2) is 24.2 Å². The van der Waals surface area contributed by atoms with Gasteiger partial charge < -0.3 is 9.84 Å². The lowest BCUT2D eigenvalue weighted by atomic mass is 9.95. The van der Waals surface area contributed by atoms with Gasteiger partial charge in [-0.25, -0.2) is 9.59 Å². The first-order valence-electron chi connectivity index (χ1n) is 11.4. The second-order valence-corrected chi connectivity index (χ2v) is 8.49. The van der Waals surface area contributed by atoms with Crippen LogP contribution < -0.4 is 0 Å². The Morgan fingerprint density at radius 3 is 1.37 bits per heavy atom. The maximum atomic E-state index is 11.5. The van der Waals surface area contributed by atoms with E-state index in [0.29, 0.717) is 11.1 Å². The molecule has 4 aromatic rings. The highest BCUT2D eigenvalue weighted by molar-refractivity contribution is 5.91. The number of carbonyl (C=O) groups is 2. The average molecular weight is 467 g/mol. The third-order valence-corrected chi connectivity index (χ3v) is 5.99. The van der Waals surface area contributed by atoms with Crippen molar-refractivity contribution in [1.82, 2.24) is 0 Å². The van der Waals surface area contributed by atoms with Crippen molar-refractivity contribution in [3.05, 3.63) is 118 Å². The Morgan fingerprint density at radius 1 is 0.571 bits per heavy atom. The lowest BCUT2D eigenvalue weighted by molar-refractivity contribution is 0.0599. The van der Waals surface area contributed by atoms with Crippen LogP contribution in [-0.2, 0) is 4.74 Å². The van der Waals surface area contributed by atoms with Crippen molar-refractivity contribution in [3.8, 4) is 22.3 Å². The number of hydrogen-bond acceptors (Lipinski definition) is 3. The number of aryl methyl sites for hydroxylation is 4. The van der Waals surface area contributed by atoms with E-state index in [2.05, 4.69) is 38.1 Å². The Labute approximate surface area is 206 Å². The Kier molecular flexibility index (Phi) is 8.21. The van der Waals surface area contributed by atoms with Crippen molar-refractivity contribution >= 4 is 11.9 Å². The maximum Gasteiger partial charge on any atom is 0.337 e. The molecule has 0 saturated carbocycles. The van der Waals surface area contributed by atoms with Crippen molar-refractivity contribution in [2.24, 2.45) is 0 Å². The first kappa shape index (κ1) is 25.4. The Morgan fingerprint density at radius 2 is 0.971 bits per heavy atom. The standard InChI is InChI=1S/C16H16O2.C15H14O2/c1-11-6-4-5-7-14(11)15-9-8-13(10-12(15)2)16(17)18-3;1-10-5-3-4-6-13(10)14-8-7-12(15(16)17)9-11(14)2/h4-10H,1-3H3;3-9H,1-2H3,(H,16,17). The van der Waals surface area contributed by atoms with Crippen molar-refractivity contribution < 1.29 is 19.4 Å². The number of hydrogen-bond donors (Lipinski definition) is 1. The van der Waals surface area contributed by atoms with Gasteiger partial charge in [0.2, 0.25) is 0 Å². The molecule has 0 spiro atoms. The van der Waals surface area contributed by atoms with Crippen LogP contribution in [0.2, 0.25) is 0 Å². The fourth-order valence-electron chi connectivity index (χ4n) is 4.06. The predicted octanol–water partition coefficient (Wildman–Crippen LogP) is 7.43. The number of carboxylic acid groups (broad SMARTS) is 1. The van der Waals surface area contributed by atoms with Gasteiger partial charge in [0.05, 0.1) is 18.2 Å². The van der Waals surface area contributed by atoms with Crippen LogP contribution in [0.5, 0.6) is 0 Å². The first-order valence-corrected chi connectivity index (χ1v) is 11.4. The normalized spacial score (nSPS) is 10.2. The van der Waals surface area contributed by atoms with Gasteiger partial charge in [-0.2, -0.15) is 0 Å². The molecular weight excluding hydrogens is 436 g/mol. The topological polar surface area (TPSA) is 63.6 Å². The Bertz CT molecular complexity index is 1370. The smallest absolute Gasteiger partial charge is 0.337 e. The number of aromatic carboxylic acids is 1. The zero-order chi connectivity index (χ0) is 25.5. The summed E-state index contributed by atoms with van der Waals surface area (Å²) in [5.41, 5.74) is 10.0. The minimum atomic E-state index is -0.885. The number of esters is 1. The molecule has 0 unspecified atom stereocenters. The van der Waals surface area contributed by atoms with Gasteiger partial charge in [0.15, 0.2) is 0 Å². The summed E-state index contributed by atoms with van der Waals surface area (Å²) < 4.78 is 4.72. The van der Waals surface area contributed by atoms with E-state index in [4.69, 9.17) is 9.84 Å². The summed E-state index contributed by atoms with van der Waals surface area (Å²) in [5, 5.41) is 8.93. The third kappa shape index (κ3) is 6.04. The molecule has 0 aliphatic rings. The van der Waals surface area contributed by atoms with E-state index in [0.717, 1.165) is 27.8 Å². The van der Waals surface area contributed by atoms with Gasteiger partial charge in [-0.3, -0.25) is 0 Å². The Hall–Kier alpha value is -4.18. The molecule has 0 aromatic heterocycles. The van der Waals surface area contributed by atoms with Gasteiger partial charge in [0, 0.05) is 0 Å². The molecule has 4 rings (SSSR count). The SMILES string of the molecule is COC(=O)c1ccc(-c2ccccc2C)c(C)c1.Cc1ccccc1-c1ccc(C(=O)O)cc1C. The summed E-state index contributed by atoms with van der Waals surface area (Å²) in [7, 11) is 1.40. The summed E-state index contributed by atoms with van der Waals surface area (Å²) in [6.45, 7) is 8.09. The van der Waals surface area contributed by atoms with Crippen LogP contribution in [0.4, 0.5) is 0 Å². The molecule has 0 aliphatic heterocycles. The van der Waals surface area contributed by atoms with Crippen LogP contribution in [0.25, 0.3) is 22.3 Å². The van der Waals surface area contributed by atoms with Gasteiger partial charge >= 0.3 is 11.9 Å². The molecule has 1 N–H and O–H groups in total. The molecule has 35 heavy (non-hydrogen) atoms. The number of rotatable bonds is 4. The highest BCUT2D eigenvalue weighted by Crippen LogP contribution is 2.28. The molecular formula is C31H30O4. The summed E-state index contributed by atoms with van der Waals surface area (Å²) in [5.74, 6) is -1.18. The second-order valence-electron chi connectivity index (χ2n) is 8.49. The summed E-state index contributed by atoms with van der Waals surface area (Å²) >= 11 is 0. The number of methoxy groups -OCH3 is 1. The van der Waals surface area contributed by atoms with Crippen molar-refractivity contribution in [3.63, 3.8) is 0 Å². The zero-order valence-corrected chi connectivity index (χ0v) is 20.8. The minimum Gasteiger partial charge on any atom is -0.478 e. The van der Waals surface area contributed by atoms with Crippen LogP contribution in [0.1, 0.15) is 43.0 Å².